The summed E-state index contributed by atoms with van der Waals surface area (Å²) in [6, 6.07) is 7.00. The molecule has 1 atom stereocenters. The van der Waals surface area contributed by atoms with E-state index in [4.69, 9.17) is 11.6 Å². The first kappa shape index (κ1) is 21.5. The molecule has 0 aliphatic rings. The van der Waals surface area contributed by atoms with E-state index in [1.807, 2.05) is 26.0 Å². The molecule has 3 amide bonds. The van der Waals surface area contributed by atoms with E-state index in [1.54, 1.807) is 12.1 Å². The molecule has 0 unspecified atom stereocenters. The molecular formula is C15H24Cl2N4O2. The summed E-state index contributed by atoms with van der Waals surface area (Å²) >= 11 is 5.78. The van der Waals surface area contributed by atoms with Crippen molar-refractivity contribution in [2.45, 2.75) is 26.4 Å². The van der Waals surface area contributed by atoms with Gasteiger partial charge in [0.25, 0.3) is 0 Å². The molecule has 1 rings (SSSR count). The van der Waals surface area contributed by atoms with Crippen LogP contribution in [0, 0.1) is 0 Å². The Bertz CT molecular complexity index is 483. The number of carbonyl (C=O) groups excluding carboxylic acids is 2. The van der Waals surface area contributed by atoms with Crippen LogP contribution >= 0.6 is 24.0 Å². The van der Waals surface area contributed by atoms with Gasteiger partial charge in [-0.1, -0.05) is 30.7 Å². The molecule has 0 heterocycles. The van der Waals surface area contributed by atoms with Crippen LogP contribution in [-0.2, 0) is 11.3 Å². The molecule has 0 bridgehead atoms. The van der Waals surface area contributed by atoms with Crippen molar-refractivity contribution >= 4 is 35.9 Å². The van der Waals surface area contributed by atoms with Crippen molar-refractivity contribution in [1.82, 2.24) is 21.3 Å². The highest BCUT2D eigenvalue weighted by molar-refractivity contribution is 6.30. The van der Waals surface area contributed by atoms with Crippen molar-refractivity contribution in [3.63, 3.8) is 0 Å². The fourth-order valence-corrected chi connectivity index (χ4v) is 1.88. The summed E-state index contributed by atoms with van der Waals surface area (Å²) in [4.78, 5) is 23.2. The fraction of sp³-hybridized carbons (Fsp3) is 0.467. The molecule has 0 aliphatic carbocycles. The van der Waals surface area contributed by atoms with Crippen molar-refractivity contribution < 1.29 is 9.59 Å². The van der Waals surface area contributed by atoms with E-state index in [2.05, 4.69) is 21.3 Å². The van der Waals surface area contributed by atoms with Gasteiger partial charge < -0.3 is 21.3 Å². The predicted molar refractivity (Wildman–Crippen MR) is 95.1 cm³/mol. The van der Waals surface area contributed by atoms with Gasteiger partial charge >= 0.3 is 6.03 Å². The molecule has 0 fully saturated rings. The van der Waals surface area contributed by atoms with Crippen LogP contribution in [0.15, 0.2) is 24.3 Å². The van der Waals surface area contributed by atoms with E-state index in [9.17, 15) is 9.59 Å². The van der Waals surface area contributed by atoms with Crippen molar-refractivity contribution in [3.8, 4) is 0 Å². The summed E-state index contributed by atoms with van der Waals surface area (Å²) in [6.07, 6.45) is 0. The number of urea groups is 1. The van der Waals surface area contributed by atoms with E-state index in [-0.39, 0.29) is 36.9 Å². The van der Waals surface area contributed by atoms with Gasteiger partial charge in [-0.25, -0.2) is 4.79 Å². The number of carbonyl (C=O) groups is 2. The lowest BCUT2D eigenvalue weighted by Gasteiger charge is -2.13. The summed E-state index contributed by atoms with van der Waals surface area (Å²) in [5.41, 5.74) is 0.934. The van der Waals surface area contributed by atoms with E-state index in [0.29, 0.717) is 18.1 Å². The number of benzene rings is 1. The van der Waals surface area contributed by atoms with Crippen LogP contribution in [0.5, 0.6) is 0 Å². The quantitative estimate of drug-likeness (QED) is 0.567. The molecule has 1 aromatic rings. The highest BCUT2D eigenvalue weighted by Gasteiger charge is 2.06. The van der Waals surface area contributed by atoms with Gasteiger partial charge in [0.05, 0.1) is 6.54 Å². The second-order valence-corrected chi connectivity index (χ2v) is 5.36. The molecule has 4 N–H and O–H groups in total. The molecule has 0 aromatic heterocycles. The maximum absolute atomic E-state index is 11.6. The van der Waals surface area contributed by atoms with Gasteiger partial charge in [-0.3, -0.25) is 4.79 Å². The Morgan fingerprint density at radius 1 is 1.13 bits per heavy atom. The van der Waals surface area contributed by atoms with Gasteiger partial charge in [-0.2, -0.15) is 0 Å². The number of hydrogen-bond acceptors (Lipinski definition) is 3. The van der Waals surface area contributed by atoms with Crippen molar-refractivity contribution in [2.24, 2.45) is 0 Å². The highest BCUT2D eigenvalue weighted by Crippen LogP contribution is 2.08. The zero-order valence-electron chi connectivity index (χ0n) is 13.3. The summed E-state index contributed by atoms with van der Waals surface area (Å²) in [6.45, 7) is 5.69. The lowest BCUT2D eigenvalue weighted by atomic mass is 10.2. The van der Waals surface area contributed by atoms with Crippen LogP contribution in [-0.4, -0.2) is 37.6 Å². The van der Waals surface area contributed by atoms with Crippen molar-refractivity contribution in [2.75, 3.05) is 19.6 Å². The Labute approximate surface area is 148 Å². The van der Waals surface area contributed by atoms with Crippen LogP contribution in [0.2, 0.25) is 5.02 Å². The van der Waals surface area contributed by atoms with Gasteiger partial charge in [0.2, 0.25) is 5.91 Å². The number of amides is 3. The van der Waals surface area contributed by atoms with Crippen LogP contribution in [0.25, 0.3) is 0 Å². The average Bonchev–Trinajstić information content (AvgIpc) is 2.50. The second-order valence-electron chi connectivity index (χ2n) is 4.93. The Morgan fingerprint density at radius 2 is 1.78 bits per heavy atom. The third kappa shape index (κ3) is 9.99. The molecule has 6 nitrogen and oxygen atoms in total. The Balaban J connectivity index is 0.00000484. The summed E-state index contributed by atoms with van der Waals surface area (Å²) in [7, 11) is 0. The first-order chi connectivity index (χ1) is 10.5. The topological polar surface area (TPSA) is 82.3 Å². The summed E-state index contributed by atoms with van der Waals surface area (Å²) in [5.74, 6) is -0.216. The second kappa shape index (κ2) is 12.0. The van der Waals surface area contributed by atoms with E-state index >= 15 is 0 Å². The Hall–Kier alpha value is -1.50. The van der Waals surface area contributed by atoms with Crippen LogP contribution in [0.3, 0.4) is 0 Å². The van der Waals surface area contributed by atoms with Gasteiger partial charge in [-0.05, 0) is 31.2 Å². The molecule has 0 saturated carbocycles. The van der Waals surface area contributed by atoms with Crippen molar-refractivity contribution in [1.29, 1.82) is 0 Å². The monoisotopic (exact) mass is 362 g/mol. The minimum atomic E-state index is -0.384. The molecule has 0 radical (unpaired) electrons. The zero-order valence-corrected chi connectivity index (χ0v) is 14.9. The highest BCUT2D eigenvalue weighted by atomic mass is 35.5. The number of likely N-dealkylation sites (N-methyl/N-ethyl adjacent to an activating group) is 1. The van der Waals surface area contributed by atoms with Gasteiger partial charge in [0, 0.05) is 24.2 Å². The third-order valence-corrected chi connectivity index (χ3v) is 3.19. The Kier molecular flexibility index (Phi) is 11.2. The largest absolute Gasteiger partial charge is 0.353 e. The lowest BCUT2D eigenvalue weighted by molar-refractivity contribution is -0.120. The maximum Gasteiger partial charge on any atom is 0.315 e. The number of nitrogens with one attached hydrogen (secondary N) is 4. The number of hydrogen-bond donors (Lipinski definition) is 4. The van der Waals surface area contributed by atoms with Crippen molar-refractivity contribution in [3.05, 3.63) is 34.9 Å². The van der Waals surface area contributed by atoms with Gasteiger partial charge in [0.15, 0.2) is 0 Å². The van der Waals surface area contributed by atoms with E-state index in [1.165, 1.54) is 0 Å². The molecule has 130 valence electrons. The number of rotatable bonds is 8. The van der Waals surface area contributed by atoms with Crippen LogP contribution < -0.4 is 21.3 Å². The maximum atomic E-state index is 11.6. The Morgan fingerprint density at radius 3 is 2.39 bits per heavy atom. The molecule has 0 saturated heterocycles. The fourth-order valence-electron chi connectivity index (χ4n) is 1.76. The summed E-state index contributed by atoms with van der Waals surface area (Å²) in [5, 5.41) is 11.8. The first-order valence-corrected chi connectivity index (χ1v) is 7.65. The summed E-state index contributed by atoms with van der Waals surface area (Å²) < 4.78 is 0. The number of halogens is 2. The van der Waals surface area contributed by atoms with Crippen LogP contribution in [0.1, 0.15) is 19.4 Å². The van der Waals surface area contributed by atoms with Crippen LogP contribution in [0.4, 0.5) is 4.79 Å². The normalized spacial score (nSPS) is 11.1. The molecular weight excluding hydrogens is 339 g/mol. The first-order valence-electron chi connectivity index (χ1n) is 7.27. The van der Waals surface area contributed by atoms with Gasteiger partial charge in [0.1, 0.15) is 0 Å². The van der Waals surface area contributed by atoms with E-state index < -0.39 is 0 Å². The molecule has 8 heteroatoms. The smallest absolute Gasteiger partial charge is 0.315 e. The molecule has 0 aliphatic heterocycles. The lowest BCUT2D eigenvalue weighted by Crippen LogP contribution is -2.45. The SMILES string of the molecule is CCN[C@H](C)CNC(=O)CNC(=O)NCc1ccc(Cl)cc1.Cl. The standard InChI is InChI=1S/C15H23ClN4O2.ClH/c1-3-17-11(2)8-18-14(21)10-20-15(22)19-9-12-4-6-13(16)7-5-12;/h4-7,11,17H,3,8-10H2,1-2H3,(H,18,21)(H2,19,20,22);1H/t11-;/m1./s1. The predicted octanol–water partition coefficient (Wildman–Crippen LogP) is 1.68. The van der Waals surface area contributed by atoms with Gasteiger partial charge in [-0.15, -0.1) is 12.4 Å². The molecule has 0 spiro atoms. The third-order valence-electron chi connectivity index (χ3n) is 2.93. The minimum Gasteiger partial charge on any atom is -0.353 e. The van der Waals surface area contributed by atoms with E-state index in [0.717, 1.165) is 12.1 Å². The molecule has 1 aromatic carbocycles. The molecule has 23 heavy (non-hydrogen) atoms. The average molecular weight is 363 g/mol. The minimum absolute atomic E-state index is 0. The zero-order chi connectivity index (χ0) is 16.4.